The van der Waals surface area contributed by atoms with Gasteiger partial charge in [-0.25, -0.2) is 8.78 Å². The van der Waals surface area contributed by atoms with Gasteiger partial charge in [0.25, 0.3) is 0 Å². The van der Waals surface area contributed by atoms with Gasteiger partial charge < -0.3 is 10.5 Å². The van der Waals surface area contributed by atoms with Crippen LogP contribution in [-0.4, -0.2) is 6.54 Å². The van der Waals surface area contributed by atoms with E-state index in [0.717, 1.165) is 22.2 Å². The van der Waals surface area contributed by atoms with Crippen molar-refractivity contribution < 1.29 is 13.5 Å². The maximum absolute atomic E-state index is 13.1. The quantitative estimate of drug-likeness (QED) is 0.926. The van der Waals surface area contributed by atoms with Gasteiger partial charge in [0, 0.05) is 22.6 Å². The van der Waals surface area contributed by atoms with Gasteiger partial charge in [0.2, 0.25) is 0 Å². The Morgan fingerprint density at radius 3 is 2.47 bits per heavy atom. The van der Waals surface area contributed by atoms with E-state index < -0.39 is 17.7 Å². The smallest absolute Gasteiger partial charge is 0.162 e. The Morgan fingerprint density at radius 1 is 1.11 bits per heavy atom. The Morgan fingerprint density at radius 2 is 1.84 bits per heavy atom. The lowest BCUT2D eigenvalue weighted by Gasteiger charge is -2.19. The van der Waals surface area contributed by atoms with E-state index in [2.05, 4.69) is 15.9 Å². The fourth-order valence-corrected chi connectivity index (χ4v) is 2.23. The summed E-state index contributed by atoms with van der Waals surface area (Å²) in [4.78, 5) is 0. The van der Waals surface area contributed by atoms with Crippen LogP contribution in [0.15, 0.2) is 46.9 Å². The molecule has 0 aliphatic carbocycles. The summed E-state index contributed by atoms with van der Waals surface area (Å²) < 4.78 is 32.4. The minimum absolute atomic E-state index is 0.224. The van der Waals surface area contributed by atoms with Crippen LogP contribution in [0.5, 0.6) is 5.75 Å². The number of hydrogen-bond donors (Lipinski definition) is 1. The molecule has 0 aromatic heterocycles. The van der Waals surface area contributed by atoms with Crippen molar-refractivity contribution in [2.75, 3.05) is 6.54 Å². The van der Waals surface area contributed by atoms with Crippen molar-refractivity contribution in [2.24, 2.45) is 5.73 Å². The summed E-state index contributed by atoms with van der Waals surface area (Å²) in [6.07, 6.45) is -0.430. The molecule has 0 amide bonds. The molecule has 1 atom stereocenters. The van der Waals surface area contributed by atoms with E-state index in [9.17, 15) is 8.78 Å². The number of ether oxygens (including phenoxy) is 1. The van der Waals surface area contributed by atoms with E-state index in [-0.39, 0.29) is 12.3 Å². The van der Waals surface area contributed by atoms with Gasteiger partial charge in [-0.1, -0.05) is 34.1 Å². The largest absolute Gasteiger partial charge is 0.484 e. The molecule has 2 aromatic rings. The van der Waals surface area contributed by atoms with Crippen LogP contribution in [0, 0.1) is 11.6 Å². The van der Waals surface area contributed by atoms with Crippen LogP contribution in [0.2, 0.25) is 0 Å². The van der Waals surface area contributed by atoms with Gasteiger partial charge >= 0.3 is 0 Å². The molecule has 2 aromatic carbocycles. The molecule has 0 saturated heterocycles. The third kappa shape index (κ3) is 3.30. The summed E-state index contributed by atoms with van der Waals surface area (Å²) in [5.41, 5.74) is 6.53. The Balaban J connectivity index is 2.24. The molecule has 5 heteroatoms. The SMILES string of the molecule is NCC(Oc1ccc(F)c(F)c1)c1ccccc1Br. The maximum atomic E-state index is 13.1. The number of nitrogens with two attached hydrogens (primary N) is 1. The molecule has 0 aliphatic rings. The van der Waals surface area contributed by atoms with Gasteiger partial charge in [-0.2, -0.15) is 0 Å². The molecular formula is C14H12BrF2NO. The zero-order chi connectivity index (χ0) is 13.8. The van der Waals surface area contributed by atoms with Crippen molar-refractivity contribution in [3.8, 4) is 5.75 Å². The van der Waals surface area contributed by atoms with Crippen LogP contribution < -0.4 is 10.5 Å². The van der Waals surface area contributed by atoms with Crippen LogP contribution in [0.1, 0.15) is 11.7 Å². The van der Waals surface area contributed by atoms with Crippen molar-refractivity contribution in [1.29, 1.82) is 0 Å². The molecule has 1 unspecified atom stereocenters. The van der Waals surface area contributed by atoms with Gasteiger partial charge in [-0.3, -0.25) is 0 Å². The van der Waals surface area contributed by atoms with Gasteiger partial charge in [-0.15, -0.1) is 0 Å². The van der Waals surface area contributed by atoms with E-state index >= 15 is 0 Å². The summed E-state index contributed by atoms with van der Waals surface area (Å²) in [6.45, 7) is 0.224. The monoisotopic (exact) mass is 327 g/mol. The Kier molecular flexibility index (Phi) is 4.50. The molecule has 19 heavy (non-hydrogen) atoms. The van der Waals surface area contributed by atoms with Crippen molar-refractivity contribution in [1.82, 2.24) is 0 Å². The minimum atomic E-state index is -0.944. The van der Waals surface area contributed by atoms with Gasteiger partial charge in [0.15, 0.2) is 11.6 Å². The van der Waals surface area contributed by atoms with Crippen LogP contribution >= 0.6 is 15.9 Å². The topological polar surface area (TPSA) is 35.2 Å². The molecular weight excluding hydrogens is 316 g/mol. The summed E-state index contributed by atoms with van der Waals surface area (Å²) in [5.74, 6) is -1.61. The van der Waals surface area contributed by atoms with Gasteiger partial charge in [0.1, 0.15) is 11.9 Å². The van der Waals surface area contributed by atoms with E-state index in [0.29, 0.717) is 0 Å². The highest BCUT2D eigenvalue weighted by Crippen LogP contribution is 2.27. The highest BCUT2D eigenvalue weighted by Gasteiger charge is 2.15. The van der Waals surface area contributed by atoms with E-state index in [1.54, 1.807) is 0 Å². The van der Waals surface area contributed by atoms with Gasteiger partial charge in [-0.05, 0) is 18.2 Å². The minimum Gasteiger partial charge on any atom is -0.484 e. The second-order valence-corrected chi connectivity index (χ2v) is 4.79. The summed E-state index contributed by atoms with van der Waals surface area (Å²) in [6, 6.07) is 10.9. The Hall–Kier alpha value is -1.46. The molecule has 0 spiro atoms. The first-order chi connectivity index (χ1) is 9.11. The first kappa shape index (κ1) is 14.0. The second kappa shape index (κ2) is 6.12. The highest BCUT2D eigenvalue weighted by molar-refractivity contribution is 9.10. The average molecular weight is 328 g/mol. The highest BCUT2D eigenvalue weighted by atomic mass is 79.9. The maximum Gasteiger partial charge on any atom is 0.162 e. The lowest BCUT2D eigenvalue weighted by atomic mass is 10.1. The fourth-order valence-electron chi connectivity index (χ4n) is 1.69. The van der Waals surface area contributed by atoms with Crippen molar-refractivity contribution >= 4 is 15.9 Å². The molecule has 100 valence electrons. The molecule has 2 N–H and O–H groups in total. The number of benzene rings is 2. The van der Waals surface area contributed by atoms with Crippen LogP contribution in [-0.2, 0) is 0 Å². The fraction of sp³-hybridized carbons (Fsp3) is 0.143. The Labute approximate surface area is 118 Å². The van der Waals surface area contributed by atoms with Crippen LogP contribution in [0.4, 0.5) is 8.78 Å². The summed E-state index contributed by atoms with van der Waals surface area (Å²) in [5, 5.41) is 0. The van der Waals surface area contributed by atoms with E-state index in [4.69, 9.17) is 10.5 Å². The molecule has 0 aliphatic heterocycles. The lowest BCUT2D eigenvalue weighted by molar-refractivity contribution is 0.212. The first-order valence-corrected chi connectivity index (χ1v) is 6.47. The molecule has 0 fully saturated rings. The number of rotatable bonds is 4. The predicted octanol–water partition coefficient (Wildman–Crippen LogP) is 3.81. The molecule has 2 nitrogen and oxygen atoms in total. The van der Waals surface area contributed by atoms with Crippen molar-refractivity contribution in [2.45, 2.75) is 6.10 Å². The Bertz CT molecular complexity index is 577. The number of halogens is 3. The molecule has 0 saturated carbocycles. The zero-order valence-corrected chi connectivity index (χ0v) is 11.5. The molecule has 2 rings (SSSR count). The van der Waals surface area contributed by atoms with Crippen LogP contribution in [0.25, 0.3) is 0 Å². The van der Waals surface area contributed by atoms with E-state index in [1.165, 1.54) is 6.07 Å². The molecule has 0 radical (unpaired) electrons. The molecule has 0 heterocycles. The number of hydrogen-bond acceptors (Lipinski definition) is 2. The second-order valence-electron chi connectivity index (χ2n) is 3.94. The molecule has 0 bridgehead atoms. The first-order valence-electron chi connectivity index (χ1n) is 5.68. The third-order valence-electron chi connectivity index (χ3n) is 2.64. The normalized spacial score (nSPS) is 12.2. The third-order valence-corrected chi connectivity index (χ3v) is 3.36. The lowest BCUT2D eigenvalue weighted by Crippen LogP contribution is -2.19. The standard InChI is InChI=1S/C14H12BrF2NO/c15-11-4-2-1-3-10(11)14(8-18)19-9-5-6-12(16)13(17)7-9/h1-7,14H,8,18H2. The predicted molar refractivity (Wildman–Crippen MR) is 72.9 cm³/mol. The van der Waals surface area contributed by atoms with Crippen molar-refractivity contribution in [3.63, 3.8) is 0 Å². The zero-order valence-electron chi connectivity index (χ0n) is 9.95. The van der Waals surface area contributed by atoms with Crippen LogP contribution in [0.3, 0.4) is 0 Å². The average Bonchev–Trinajstić information content (AvgIpc) is 2.41. The summed E-state index contributed by atoms with van der Waals surface area (Å²) in [7, 11) is 0. The van der Waals surface area contributed by atoms with E-state index in [1.807, 2.05) is 24.3 Å². The van der Waals surface area contributed by atoms with Gasteiger partial charge in [0.05, 0.1) is 0 Å². The summed E-state index contributed by atoms with van der Waals surface area (Å²) >= 11 is 3.41. The van der Waals surface area contributed by atoms with Crippen molar-refractivity contribution in [3.05, 3.63) is 64.1 Å².